The molecule has 158 valence electrons. The minimum Gasteiger partial charge on any atom is -0.311 e. The monoisotopic (exact) mass is 426 g/mol. The molecule has 0 aliphatic heterocycles. The molecule has 0 saturated carbocycles. The Morgan fingerprint density at radius 3 is 2.43 bits per heavy atom. The van der Waals surface area contributed by atoms with Crippen LogP contribution in [0.5, 0.6) is 0 Å². The predicted molar refractivity (Wildman–Crippen MR) is 117 cm³/mol. The van der Waals surface area contributed by atoms with Gasteiger partial charge in [-0.3, -0.25) is 4.79 Å². The van der Waals surface area contributed by atoms with Gasteiger partial charge in [-0.25, -0.2) is 17.8 Å². The van der Waals surface area contributed by atoms with Crippen molar-refractivity contribution in [3.8, 4) is 0 Å². The van der Waals surface area contributed by atoms with Gasteiger partial charge in [-0.15, -0.1) is 0 Å². The van der Waals surface area contributed by atoms with Crippen LogP contribution in [0.4, 0.5) is 5.82 Å². The number of nitrogens with zero attached hydrogens (tertiary/aromatic N) is 2. The molecule has 7 nitrogen and oxygen atoms in total. The SMILES string of the molecule is Cc1cc(NC(=O)CCNS(=O)(=O)c2ccc(C)c(C)c2)n(Cc2ccccc2)n1. The first kappa shape index (κ1) is 21.7. The lowest BCUT2D eigenvalue weighted by Gasteiger charge is -2.10. The zero-order valence-electron chi connectivity index (χ0n) is 17.3. The molecule has 3 aromatic rings. The summed E-state index contributed by atoms with van der Waals surface area (Å²) in [4.78, 5) is 12.6. The first-order valence-electron chi connectivity index (χ1n) is 9.70. The molecule has 0 radical (unpaired) electrons. The Labute approximate surface area is 177 Å². The van der Waals surface area contributed by atoms with Crippen LogP contribution >= 0.6 is 0 Å². The van der Waals surface area contributed by atoms with E-state index in [9.17, 15) is 13.2 Å². The second-order valence-electron chi connectivity index (χ2n) is 7.26. The van der Waals surface area contributed by atoms with Crippen LogP contribution in [0.1, 0.15) is 28.8 Å². The zero-order valence-corrected chi connectivity index (χ0v) is 18.2. The van der Waals surface area contributed by atoms with Gasteiger partial charge in [-0.2, -0.15) is 5.10 Å². The minimum absolute atomic E-state index is 0.00684. The Balaban J connectivity index is 1.58. The van der Waals surface area contributed by atoms with Gasteiger partial charge in [0, 0.05) is 19.0 Å². The molecule has 0 fully saturated rings. The Kier molecular flexibility index (Phi) is 6.69. The van der Waals surface area contributed by atoms with E-state index in [1.165, 1.54) is 0 Å². The van der Waals surface area contributed by atoms with E-state index in [0.717, 1.165) is 22.4 Å². The van der Waals surface area contributed by atoms with E-state index in [1.807, 2.05) is 51.1 Å². The Morgan fingerprint density at radius 2 is 1.73 bits per heavy atom. The van der Waals surface area contributed by atoms with Crippen LogP contribution in [-0.4, -0.2) is 30.7 Å². The van der Waals surface area contributed by atoms with E-state index in [0.29, 0.717) is 12.4 Å². The standard InChI is InChI=1S/C22H26N4O3S/c1-16-9-10-20(13-17(16)2)30(28,29)23-12-11-22(27)24-21-14-18(3)25-26(21)15-19-7-5-4-6-8-19/h4-10,13-14,23H,11-12,15H2,1-3H3,(H,24,27). The highest BCUT2D eigenvalue weighted by molar-refractivity contribution is 7.89. The quantitative estimate of drug-likeness (QED) is 0.579. The van der Waals surface area contributed by atoms with Gasteiger partial charge in [-0.05, 0) is 49.6 Å². The van der Waals surface area contributed by atoms with E-state index < -0.39 is 10.0 Å². The van der Waals surface area contributed by atoms with Gasteiger partial charge in [0.15, 0.2) is 0 Å². The van der Waals surface area contributed by atoms with Crippen LogP contribution in [0.15, 0.2) is 59.5 Å². The molecule has 0 aliphatic carbocycles. The van der Waals surface area contributed by atoms with Crippen molar-refractivity contribution in [3.63, 3.8) is 0 Å². The van der Waals surface area contributed by atoms with Crippen molar-refractivity contribution in [2.75, 3.05) is 11.9 Å². The molecule has 30 heavy (non-hydrogen) atoms. The summed E-state index contributed by atoms with van der Waals surface area (Å²) in [6.45, 7) is 6.18. The summed E-state index contributed by atoms with van der Waals surface area (Å²) >= 11 is 0. The maximum atomic E-state index is 12.4. The number of hydrogen-bond acceptors (Lipinski definition) is 4. The number of anilines is 1. The molecule has 8 heteroatoms. The summed E-state index contributed by atoms with van der Waals surface area (Å²) < 4.78 is 29.1. The largest absolute Gasteiger partial charge is 0.311 e. The summed E-state index contributed by atoms with van der Waals surface area (Å²) in [5.41, 5.74) is 3.78. The second-order valence-corrected chi connectivity index (χ2v) is 9.02. The molecule has 1 heterocycles. The lowest BCUT2D eigenvalue weighted by Crippen LogP contribution is -2.28. The number of carbonyl (C=O) groups is 1. The summed E-state index contributed by atoms with van der Waals surface area (Å²) in [6, 6.07) is 16.6. The lowest BCUT2D eigenvalue weighted by molar-refractivity contribution is -0.116. The van der Waals surface area contributed by atoms with E-state index in [2.05, 4.69) is 15.1 Å². The van der Waals surface area contributed by atoms with Crippen molar-refractivity contribution in [1.82, 2.24) is 14.5 Å². The van der Waals surface area contributed by atoms with Gasteiger partial charge in [0.05, 0.1) is 17.1 Å². The van der Waals surface area contributed by atoms with E-state index >= 15 is 0 Å². The Hall–Kier alpha value is -2.97. The summed E-state index contributed by atoms with van der Waals surface area (Å²) in [6.07, 6.45) is 0.0135. The first-order valence-corrected chi connectivity index (χ1v) is 11.2. The van der Waals surface area contributed by atoms with Crippen LogP contribution in [0, 0.1) is 20.8 Å². The average Bonchev–Trinajstić information content (AvgIpc) is 3.03. The van der Waals surface area contributed by atoms with Crippen LogP contribution in [0.3, 0.4) is 0 Å². The molecule has 0 bridgehead atoms. The van der Waals surface area contributed by atoms with Crippen molar-refractivity contribution < 1.29 is 13.2 Å². The number of sulfonamides is 1. The second kappa shape index (κ2) is 9.23. The summed E-state index contributed by atoms with van der Waals surface area (Å²) in [5.74, 6) is 0.297. The average molecular weight is 427 g/mol. The van der Waals surface area contributed by atoms with Crippen LogP contribution in [-0.2, 0) is 21.4 Å². The summed E-state index contributed by atoms with van der Waals surface area (Å²) in [7, 11) is -3.66. The highest BCUT2D eigenvalue weighted by Crippen LogP contribution is 2.15. The third-order valence-corrected chi connectivity index (χ3v) is 6.24. The molecule has 0 spiro atoms. The van der Waals surface area contributed by atoms with E-state index in [4.69, 9.17) is 0 Å². The summed E-state index contributed by atoms with van der Waals surface area (Å²) in [5, 5.41) is 7.24. The topological polar surface area (TPSA) is 93.1 Å². The van der Waals surface area contributed by atoms with Gasteiger partial charge < -0.3 is 5.32 Å². The van der Waals surface area contributed by atoms with Gasteiger partial charge in [0.25, 0.3) is 0 Å². The van der Waals surface area contributed by atoms with Crippen molar-refractivity contribution >= 4 is 21.7 Å². The molecule has 1 amide bonds. The molecule has 0 aliphatic rings. The van der Waals surface area contributed by atoms with Crippen LogP contribution < -0.4 is 10.0 Å². The normalized spacial score (nSPS) is 11.4. The fourth-order valence-electron chi connectivity index (χ4n) is 2.99. The van der Waals surface area contributed by atoms with E-state index in [1.54, 1.807) is 28.9 Å². The molecule has 1 aromatic heterocycles. The number of aromatic nitrogens is 2. The van der Waals surface area contributed by atoms with Crippen molar-refractivity contribution in [2.24, 2.45) is 0 Å². The first-order chi connectivity index (χ1) is 14.2. The third-order valence-electron chi connectivity index (χ3n) is 4.78. The number of benzene rings is 2. The molecule has 2 N–H and O–H groups in total. The minimum atomic E-state index is -3.66. The molecule has 3 rings (SSSR count). The van der Waals surface area contributed by atoms with Gasteiger partial charge in [0.2, 0.25) is 15.9 Å². The maximum absolute atomic E-state index is 12.4. The fraction of sp³-hybridized carbons (Fsp3) is 0.273. The van der Waals surface area contributed by atoms with Crippen molar-refractivity contribution in [3.05, 3.63) is 77.0 Å². The van der Waals surface area contributed by atoms with E-state index in [-0.39, 0.29) is 23.8 Å². The van der Waals surface area contributed by atoms with Crippen molar-refractivity contribution in [1.29, 1.82) is 0 Å². The number of hydrogen-bond donors (Lipinski definition) is 2. The van der Waals surface area contributed by atoms with Crippen molar-refractivity contribution in [2.45, 2.75) is 38.6 Å². The zero-order chi connectivity index (χ0) is 21.7. The molecule has 0 unspecified atom stereocenters. The highest BCUT2D eigenvalue weighted by atomic mass is 32.2. The van der Waals surface area contributed by atoms with Gasteiger partial charge >= 0.3 is 0 Å². The van der Waals surface area contributed by atoms with Crippen LogP contribution in [0.2, 0.25) is 0 Å². The number of nitrogens with one attached hydrogen (secondary N) is 2. The smallest absolute Gasteiger partial charge is 0.240 e. The molecular weight excluding hydrogens is 400 g/mol. The molecule has 2 aromatic carbocycles. The lowest BCUT2D eigenvalue weighted by atomic mass is 10.1. The fourth-order valence-corrected chi connectivity index (χ4v) is 4.11. The van der Waals surface area contributed by atoms with Crippen LogP contribution in [0.25, 0.3) is 0 Å². The van der Waals surface area contributed by atoms with Gasteiger partial charge in [0.1, 0.15) is 5.82 Å². The highest BCUT2D eigenvalue weighted by Gasteiger charge is 2.16. The predicted octanol–water partition coefficient (Wildman–Crippen LogP) is 3.16. The number of amides is 1. The number of aryl methyl sites for hydroxylation is 3. The van der Waals surface area contributed by atoms with Gasteiger partial charge in [-0.1, -0.05) is 36.4 Å². The molecule has 0 atom stereocenters. The third kappa shape index (κ3) is 5.55. The molecular formula is C22H26N4O3S. The number of carbonyl (C=O) groups excluding carboxylic acids is 1. The molecule has 0 saturated heterocycles. The number of rotatable bonds is 8. The Bertz CT molecular complexity index is 1140. The maximum Gasteiger partial charge on any atom is 0.240 e. The Morgan fingerprint density at radius 1 is 1.00 bits per heavy atom.